The van der Waals surface area contributed by atoms with Crippen molar-refractivity contribution >= 4 is 5.97 Å². The van der Waals surface area contributed by atoms with E-state index in [1.165, 1.54) is 6.92 Å². The second-order valence-corrected chi connectivity index (χ2v) is 3.71. The highest BCUT2D eigenvalue weighted by Crippen LogP contribution is 2.34. The molecule has 0 N–H and O–H groups in total. The van der Waals surface area contributed by atoms with Crippen LogP contribution in [0.25, 0.3) is 0 Å². The van der Waals surface area contributed by atoms with E-state index in [0.717, 1.165) is 0 Å². The van der Waals surface area contributed by atoms with Gasteiger partial charge in [-0.25, -0.2) is 4.98 Å². The fourth-order valence-corrected chi connectivity index (χ4v) is 1.35. The summed E-state index contributed by atoms with van der Waals surface area (Å²) in [7, 11) is 0. The van der Waals surface area contributed by atoms with Crippen molar-refractivity contribution in [2.75, 3.05) is 6.61 Å². The van der Waals surface area contributed by atoms with Gasteiger partial charge in [0.25, 0.3) is 0 Å². The first-order valence-electron chi connectivity index (χ1n) is 5.35. The summed E-state index contributed by atoms with van der Waals surface area (Å²) in [6, 6.07) is 0.292. The van der Waals surface area contributed by atoms with E-state index in [9.17, 15) is 31.1 Å². The van der Waals surface area contributed by atoms with Crippen LogP contribution in [0.4, 0.5) is 26.3 Å². The highest BCUT2D eigenvalue weighted by atomic mass is 19.4. The SMILES string of the molecule is CCOC(=O)Cc1cc(C(F)(F)F)cc(C(F)(F)F)n1. The molecule has 3 nitrogen and oxygen atoms in total. The number of alkyl halides is 6. The molecular weight excluding hydrogens is 292 g/mol. The second kappa shape index (κ2) is 5.68. The number of carbonyl (C=O) groups is 1. The zero-order valence-corrected chi connectivity index (χ0v) is 10.1. The minimum Gasteiger partial charge on any atom is -0.466 e. The Morgan fingerprint density at radius 1 is 1.15 bits per heavy atom. The van der Waals surface area contributed by atoms with Gasteiger partial charge in [0.2, 0.25) is 0 Å². The third-order valence-electron chi connectivity index (χ3n) is 2.13. The van der Waals surface area contributed by atoms with Gasteiger partial charge in [0.1, 0.15) is 5.69 Å². The van der Waals surface area contributed by atoms with E-state index in [4.69, 9.17) is 0 Å². The van der Waals surface area contributed by atoms with Gasteiger partial charge in [-0.05, 0) is 19.1 Å². The monoisotopic (exact) mass is 301 g/mol. The Hall–Kier alpha value is -1.80. The number of hydrogen-bond donors (Lipinski definition) is 0. The van der Waals surface area contributed by atoms with Crippen molar-refractivity contribution in [3.63, 3.8) is 0 Å². The molecule has 0 aliphatic rings. The lowest BCUT2D eigenvalue weighted by atomic mass is 10.1. The quantitative estimate of drug-likeness (QED) is 0.635. The van der Waals surface area contributed by atoms with Gasteiger partial charge >= 0.3 is 18.3 Å². The molecule has 1 heterocycles. The maximum Gasteiger partial charge on any atom is 0.433 e. The van der Waals surface area contributed by atoms with Crippen LogP contribution in [-0.2, 0) is 28.3 Å². The molecule has 0 fully saturated rings. The number of halogens is 6. The minimum absolute atomic E-state index is 0.0378. The van der Waals surface area contributed by atoms with E-state index in [1.807, 2.05) is 0 Å². The highest BCUT2D eigenvalue weighted by molar-refractivity contribution is 5.72. The van der Waals surface area contributed by atoms with Crippen LogP contribution in [0.5, 0.6) is 0 Å². The van der Waals surface area contributed by atoms with Crippen LogP contribution in [-0.4, -0.2) is 17.6 Å². The summed E-state index contributed by atoms with van der Waals surface area (Å²) in [6.07, 6.45) is -10.8. The van der Waals surface area contributed by atoms with Crippen molar-refractivity contribution in [1.82, 2.24) is 4.98 Å². The van der Waals surface area contributed by atoms with Crippen LogP contribution in [0, 0.1) is 0 Å². The average molecular weight is 301 g/mol. The first kappa shape index (κ1) is 16.3. The van der Waals surface area contributed by atoms with Crippen LogP contribution >= 0.6 is 0 Å². The van der Waals surface area contributed by atoms with Crippen molar-refractivity contribution in [3.8, 4) is 0 Å². The Kier molecular flexibility index (Phi) is 4.61. The van der Waals surface area contributed by atoms with Crippen molar-refractivity contribution in [2.45, 2.75) is 25.7 Å². The molecular formula is C11H9F6NO2. The smallest absolute Gasteiger partial charge is 0.433 e. The predicted octanol–water partition coefficient (Wildman–Crippen LogP) is 3.22. The Bertz CT molecular complexity index is 462. The maximum atomic E-state index is 12.5. The molecule has 0 saturated carbocycles. The van der Waals surface area contributed by atoms with Gasteiger partial charge in [-0.1, -0.05) is 0 Å². The molecule has 0 bridgehead atoms. The lowest BCUT2D eigenvalue weighted by molar-refractivity contribution is -0.147. The Balaban J connectivity index is 3.21. The number of pyridine rings is 1. The molecule has 0 saturated heterocycles. The third-order valence-corrected chi connectivity index (χ3v) is 2.13. The molecule has 0 unspecified atom stereocenters. The van der Waals surface area contributed by atoms with Gasteiger partial charge in [0.15, 0.2) is 0 Å². The molecule has 112 valence electrons. The molecule has 0 aliphatic carbocycles. The molecule has 0 spiro atoms. The van der Waals surface area contributed by atoms with Crippen LogP contribution in [0.2, 0.25) is 0 Å². The van der Waals surface area contributed by atoms with E-state index < -0.39 is 41.7 Å². The molecule has 9 heteroatoms. The van der Waals surface area contributed by atoms with E-state index in [2.05, 4.69) is 9.72 Å². The first-order chi connectivity index (χ1) is 9.04. The van der Waals surface area contributed by atoms with E-state index >= 15 is 0 Å². The fourth-order valence-electron chi connectivity index (χ4n) is 1.35. The molecule has 1 aromatic rings. The van der Waals surface area contributed by atoms with Crippen LogP contribution in [0.15, 0.2) is 12.1 Å². The van der Waals surface area contributed by atoms with Gasteiger partial charge in [0.05, 0.1) is 24.3 Å². The molecule has 0 amide bonds. The van der Waals surface area contributed by atoms with Crippen LogP contribution in [0.3, 0.4) is 0 Å². The number of hydrogen-bond acceptors (Lipinski definition) is 3. The summed E-state index contributed by atoms with van der Waals surface area (Å²) in [5.41, 5.74) is -3.86. The highest BCUT2D eigenvalue weighted by Gasteiger charge is 2.38. The first-order valence-corrected chi connectivity index (χ1v) is 5.35. The summed E-state index contributed by atoms with van der Waals surface area (Å²) in [5, 5.41) is 0. The Morgan fingerprint density at radius 2 is 1.75 bits per heavy atom. The van der Waals surface area contributed by atoms with Gasteiger partial charge in [0, 0.05) is 0 Å². The van der Waals surface area contributed by atoms with Gasteiger partial charge in [-0.3, -0.25) is 4.79 Å². The molecule has 0 aromatic carbocycles. The number of carbonyl (C=O) groups excluding carboxylic acids is 1. The van der Waals surface area contributed by atoms with Crippen molar-refractivity contribution in [3.05, 3.63) is 29.1 Å². The average Bonchev–Trinajstić information content (AvgIpc) is 2.26. The summed E-state index contributed by atoms with van der Waals surface area (Å²) in [5.74, 6) is -0.951. The predicted molar refractivity (Wildman–Crippen MR) is 54.6 cm³/mol. The molecule has 1 rings (SSSR count). The number of ether oxygens (including phenoxy) is 1. The van der Waals surface area contributed by atoms with Crippen molar-refractivity contribution in [2.24, 2.45) is 0 Å². The lowest BCUT2D eigenvalue weighted by Gasteiger charge is -2.13. The largest absolute Gasteiger partial charge is 0.466 e. The molecule has 0 radical (unpaired) electrons. The standard InChI is InChI=1S/C11H9F6NO2/c1-2-20-9(19)5-7-3-6(10(12,13)14)4-8(18-7)11(15,16)17/h3-4H,2,5H2,1H3. The summed E-state index contributed by atoms with van der Waals surface area (Å²) in [4.78, 5) is 14.1. The molecule has 0 atom stereocenters. The van der Waals surface area contributed by atoms with Crippen LogP contribution < -0.4 is 0 Å². The van der Waals surface area contributed by atoms with E-state index in [1.54, 1.807) is 0 Å². The number of nitrogens with zero attached hydrogens (tertiary/aromatic N) is 1. The maximum absolute atomic E-state index is 12.5. The normalized spacial score (nSPS) is 12.3. The summed E-state index contributed by atoms with van der Waals surface area (Å²) < 4.78 is 79.4. The fraction of sp³-hybridized carbons (Fsp3) is 0.455. The van der Waals surface area contributed by atoms with Gasteiger partial charge in [-0.2, -0.15) is 26.3 Å². The van der Waals surface area contributed by atoms with E-state index in [0.29, 0.717) is 6.07 Å². The van der Waals surface area contributed by atoms with Crippen molar-refractivity contribution in [1.29, 1.82) is 0 Å². The number of rotatable bonds is 3. The topological polar surface area (TPSA) is 39.2 Å². The Morgan fingerprint density at radius 3 is 2.20 bits per heavy atom. The van der Waals surface area contributed by atoms with Gasteiger partial charge < -0.3 is 4.74 Å². The second-order valence-electron chi connectivity index (χ2n) is 3.71. The molecule has 1 aromatic heterocycles. The van der Waals surface area contributed by atoms with E-state index in [-0.39, 0.29) is 12.7 Å². The minimum atomic E-state index is -5.04. The lowest BCUT2D eigenvalue weighted by Crippen LogP contribution is -2.16. The van der Waals surface area contributed by atoms with Crippen LogP contribution in [0.1, 0.15) is 23.9 Å². The third kappa shape index (κ3) is 4.39. The Labute approximate surface area is 109 Å². The van der Waals surface area contributed by atoms with Crippen molar-refractivity contribution < 1.29 is 35.9 Å². The number of aromatic nitrogens is 1. The zero-order chi connectivity index (χ0) is 15.6. The molecule has 20 heavy (non-hydrogen) atoms. The zero-order valence-electron chi connectivity index (χ0n) is 10.1. The summed E-state index contributed by atoms with van der Waals surface area (Å²) >= 11 is 0. The number of esters is 1. The summed E-state index contributed by atoms with van der Waals surface area (Å²) in [6.45, 7) is 1.42. The molecule has 0 aliphatic heterocycles. The van der Waals surface area contributed by atoms with Gasteiger partial charge in [-0.15, -0.1) is 0 Å².